The number of amides is 1. The zero-order valence-corrected chi connectivity index (χ0v) is 19.7. The fraction of sp³-hybridized carbons (Fsp3) is 0.0400. The van der Waals surface area contributed by atoms with E-state index in [9.17, 15) is 4.79 Å². The van der Waals surface area contributed by atoms with Crippen molar-refractivity contribution in [2.45, 2.75) is 0 Å². The van der Waals surface area contributed by atoms with Crippen molar-refractivity contribution in [1.82, 2.24) is 0 Å². The number of hydrogen-bond donors (Lipinski definition) is 1. The van der Waals surface area contributed by atoms with E-state index in [0.717, 1.165) is 20.3 Å². The van der Waals surface area contributed by atoms with Gasteiger partial charge in [-0.3, -0.25) is 4.79 Å². The first kappa shape index (κ1) is 21.3. The summed E-state index contributed by atoms with van der Waals surface area (Å²) in [5, 5.41) is 5.52. The van der Waals surface area contributed by atoms with E-state index in [1.165, 1.54) is 5.39 Å². The maximum absolute atomic E-state index is 12.4. The summed E-state index contributed by atoms with van der Waals surface area (Å²) in [6.07, 6.45) is 0. The van der Waals surface area contributed by atoms with Gasteiger partial charge in [-0.25, -0.2) is 0 Å². The highest BCUT2D eigenvalue weighted by atomic mass is 127. The largest absolute Gasteiger partial charge is 0.432 e. The highest BCUT2D eigenvalue weighted by molar-refractivity contribution is 14.1. The Balaban J connectivity index is 1.41. The second-order valence-corrected chi connectivity index (χ2v) is 8.54. The number of nitrogens with one attached hydrogen (secondary N) is 1. The second-order valence-electron chi connectivity index (χ2n) is 6.94. The van der Waals surface area contributed by atoms with Gasteiger partial charge in [-0.2, -0.15) is 0 Å². The Morgan fingerprint density at radius 2 is 1.58 bits per heavy atom. The molecule has 4 aromatic rings. The lowest BCUT2D eigenvalue weighted by Crippen LogP contribution is -2.29. The highest BCUT2D eigenvalue weighted by Gasteiger charge is 2.11. The number of anilines is 2. The first-order valence-electron chi connectivity index (χ1n) is 9.61. The minimum atomic E-state index is -0.177. The van der Waals surface area contributed by atoms with Crippen LogP contribution in [0.1, 0.15) is 10.4 Å². The standard InChI is InChI=1S/C25H19IN2O2S/c1-28(22-13-6-17-4-2-3-5-19(17)16-22)25(31)30-23-14-7-18(8-15-23)24(29)27-21-11-9-20(26)10-12-21/h2-16H,1H3,(H,27,29). The van der Waals surface area contributed by atoms with Gasteiger partial charge in [-0.15, -0.1) is 0 Å². The lowest BCUT2D eigenvalue weighted by atomic mass is 10.1. The smallest absolute Gasteiger partial charge is 0.269 e. The van der Waals surface area contributed by atoms with Crippen LogP contribution in [0.15, 0.2) is 91.0 Å². The maximum atomic E-state index is 12.4. The van der Waals surface area contributed by atoms with Crippen LogP contribution < -0.4 is 15.0 Å². The van der Waals surface area contributed by atoms with Gasteiger partial charge in [0.1, 0.15) is 5.75 Å². The zero-order valence-electron chi connectivity index (χ0n) is 16.7. The molecule has 154 valence electrons. The van der Waals surface area contributed by atoms with Crippen LogP contribution in [0.3, 0.4) is 0 Å². The van der Waals surface area contributed by atoms with Crippen LogP contribution >= 0.6 is 34.8 Å². The van der Waals surface area contributed by atoms with Crippen molar-refractivity contribution >= 4 is 68.0 Å². The predicted molar refractivity (Wildman–Crippen MR) is 139 cm³/mol. The normalized spacial score (nSPS) is 10.5. The molecule has 0 radical (unpaired) electrons. The average molecular weight is 538 g/mol. The number of hydrogen-bond acceptors (Lipinski definition) is 3. The van der Waals surface area contributed by atoms with E-state index < -0.39 is 0 Å². The summed E-state index contributed by atoms with van der Waals surface area (Å²) in [6.45, 7) is 0. The van der Waals surface area contributed by atoms with Crippen LogP contribution in [-0.4, -0.2) is 18.1 Å². The SMILES string of the molecule is CN(C(=S)Oc1ccc(C(=O)Nc2ccc(I)cc2)cc1)c1ccc2ccccc2c1. The molecule has 0 aromatic heterocycles. The third-order valence-electron chi connectivity index (χ3n) is 4.82. The second kappa shape index (κ2) is 9.45. The van der Waals surface area contributed by atoms with Crippen LogP contribution in [-0.2, 0) is 0 Å². The molecule has 4 rings (SSSR count). The molecule has 0 aliphatic carbocycles. The molecule has 0 saturated carbocycles. The molecule has 6 heteroatoms. The number of carbonyl (C=O) groups excluding carboxylic acids is 1. The van der Waals surface area contributed by atoms with Crippen molar-refractivity contribution < 1.29 is 9.53 Å². The van der Waals surface area contributed by atoms with Gasteiger partial charge in [0.05, 0.1) is 0 Å². The van der Waals surface area contributed by atoms with Crippen LogP contribution in [0.25, 0.3) is 10.8 Å². The molecule has 0 heterocycles. The van der Waals surface area contributed by atoms with E-state index in [-0.39, 0.29) is 5.91 Å². The van der Waals surface area contributed by atoms with Gasteiger partial charge in [0.25, 0.3) is 11.1 Å². The fourth-order valence-electron chi connectivity index (χ4n) is 3.07. The molecular formula is C25H19IN2O2S. The van der Waals surface area contributed by atoms with Gasteiger partial charge >= 0.3 is 0 Å². The summed E-state index contributed by atoms with van der Waals surface area (Å²) in [5.41, 5.74) is 2.24. The predicted octanol–water partition coefficient (Wildman–Crippen LogP) is 6.50. The summed E-state index contributed by atoms with van der Waals surface area (Å²) < 4.78 is 6.95. The number of fused-ring (bicyclic) bond motifs is 1. The van der Waals surface area contributed by atoms with Crippen LogP contribution in [0.5, 0.6) is 5.75 Å². The van der Waals surface area contributed by atoms with Gasteiger partial charge in [0.2, 0.25) is 0 Å². The summed E-state index contributed by atoms with van der Waals surface area (Å²) >= 11 is 7.69. The Hall–Kier alpha value is -2.97. The molecule has 1 amide bonds. The monoisotopic (exact) mass is 538 g/mol. The molecule has 0 atom stereocenters. The van der Waals surface area contributed by atoms with Gasteiger partial charge in [-0.1, -0.05) is 30.3 Å². The van der Waals surface area contributed by atoms with Gasteiger partial charge in [0.15, 0.2) is 0 Å². The highest BCUT2D eigenvalue weighted by Crippen LogP contribution is 2.23. The van der Waals surface area contributed by atoms with Crippen molar-refractivity contribution in [2.75, 3.05) is 17.3 Å². The molecular weight excluding hydrogens is 519 g/mol. The van der Waals surface area contributed by atoms with Crippen molar-refractivity contribution in [2.24, 2.45) is 0 Å². The summed E-state index contributed by atoms with van der Waals surface area (Å²) in [5.74, 6) is 0.395. The Bertz CT molecular complexity index is 1240. The molecule has 31 heavy (non-hydrogen) atoms. The topological polar surface area (TPSA) is 41.6 Å². The Labute approximate surface area is 200 Å². The molecule has 4 aromatic carbocycles. The third-order valence-corrected chi connectivity index (χ3v) is 5.89. The minimum absolute atomic E-state index is 0.177. The van der Waals surface area contributed by atoms with Gasteiger partial charge in [0, 0.05) is 27.6 Å². The summed E-state index contributed by atoms with van der Waals surface area (Å²) in [4.78, 5) is 14.3. The molecule has 4 nitrogen and oxygen atoms in total. The molecule has 0 fully saturated rings. The summed E-state index contributed by atoms with van der Waals surface area (Å²) in [6, 6.07) is 28.9. The van der Waals surface area contributed by atoms with Gasteiger partial charge in [-0.05, 0) is 106 Å². The van der Waals surface area contributed by atoms with Gasteiger partial charge < -0.3 is 15.0 Å². The van der Waals surface area contributed by atoms with Crippen LogP contribution in [0.4, 0.5) is 11.4 Å². The molecule has 1 N–H and O–H groups in total. The van der Waals surface area contributed by atoms with E-state index in [1.54, 1.807) is 24.3 Å². The first-order chi connectivity index (χ1) is 15.0. The molecule has 0 unspecified atom stereocenters. The van der Waals surface area contributed by atoms with E-state index in [4.69, 9.17) is 17.0 Å². The van der Waals surface area contributed by atoms with E-state index in [1.807, 2.05) is 54.4 Å². The molecule has 0 spiro atoms. The van der Waals surface area contributed by atoms with Crippen molar-refractivity contribution in [3.05, 3.63) is 100 Å². The van der Waals surface area contributed by atoms with Crippen molar-refractivity contribution in [1.29, 1.82) is 0 Å². The molecule has 0 aliphatic heterocycles. The van der Waals surface area contributed by atoms with Crippen molar-refractivity contribution in [3.63, 3.8) is 0 Å². The molecule has 0 aliphatic rings. The number of nitrogens with zero attached hydrogens (tertiary/aromatic N) is 1. The van der Waals surface area contributed by atoms with Crippen LogP contribution in [0, 0.1) is 3.57 Å². The van der Waals surface area contributed by atoms with E-state index in [0.29, 0.717) is 16.5 Å². The zero-order chi connectivity index (χ0) is 21.8. The van der Waals surface area contributed by atoms with Crippen LogP contribution in [0.2, 0.25) is 0 Å². The number of rotatable bonds is 4. The Morgan fingerprint density at radius 1 is 0.903 bits per heavy atom. The number of ether oxygens (including phenoxy) is 1. The number of halogens is 1. The maximum Gasteiger partial charge on any atom is 0.269 e. The number of benzene rings is 4. The lowest BCUT2D eigenvalue weighted by Gasteiger charge is -2.20. The Morgan fingerprint density at radius 3 is 2.29 bits per heavy atom. The fourth-order valence-corrected chi connectivity index (χ4v) is 3.63. The lowest BCUT2D eigenvalue weighted by molar-refractivity contribution is 0.102. The Kier molecular flexibility index (Phi) is 6.48. The number of thiocarbonyl (C=S) groups is 1. The summed E-state index contributed by atoms with van der Waals surface area (Å²) in [7, 11) is 1.87. The first-order valence-corrected chi connectivity index (χ1v) is 11.1. The minimum Gasteiger partial charge on any atom is -0.432 e. The van der Waals surface area contributed by atoms with E-state index >= 15 is 0 Å². The third kappa shape index (κ3) is 5.21. The molecule has 0 saturated heterocycles. The number of carbonyl (C=O) groups is 1. The average Bonchev–Trinajstić information content (AvgIpc) is 2.80. The quantitative estimate of drug-likeness (QED) is 0.238. The van der Waals surface area contributed by atoms with E-state index in [2.05, 4.69) is 52.2 Å². The van der Waals surface area contributed by atoms with Crippen molar-refractivity contribution in [3.8, 4) is 5.75 Å². The molecule has 0 bridgehead atoms.